The second kappa shape index (κ2) is 6.23. The molecule has 2 atom stereocenters. The predicted octanol–water partition coefficient (Wildman–Crippen LogP) is 4.96. The number of carbonyl (C=O) groups excluding carboxylic acids is 1. The lowest BCUT2D eigenvalue weighted by molar-refractivity contribution is -0.135. The third kappa shape index (κ3) is 4.37. The number of rotatable bonds is 4. The molecular formula is C18H27F3O2. The van der Waals surface area contributed by atoms with Crippen LogP contribution in [-0.4, -0.2) is 22.7 Å². The van der Waals surface area contributed by atoms with Gasteiger partial charge in [0.05, 0.1) is 5.60 Å². The highest BCUT2D eigenvalue weighted by molar-refractivity contribution is 5.97. The maximum atomic E-state index is 12.7. The zero-order chi connectivity index (χ0) is 21.1. The van der Waals surface area contributed by atoms with Crippen molar-refractivity contribution in [2.75, 3.05) is 0 Å². The quantitative estimate of drug-likeness (QED) is 0.788. The van der Waals surface area contributed by atoms with Crippen LogP contribution in [0.1, 0.15) is 77.5 Å². The molecule has 2 aliphatic rings. The fourth-order valence-corrected chi connectivity index (χ4v) is 3.37. The number of allylic oxidation sites excluding steroid dienone is 2. The van der Waals surface area contributed by atoms with E-state index >= 15 is 0 Å². The molecule has 2 aliphatic carbocycles. The third-order valence-corrected chi connectivity index (χ3v) is 4.86. The summed E-state index contributed by atoms with van der Waals surface area (Å²) < 4.78 is 71.1. The normalized spacial score (nSPS) is 36.7. The van der Waals surface area contributed by atoms with Gasteiger partial charge in [-0.1, -0.05) is 12.5 Å². The summed E-state index contributed by atoms with van der Waals surface area (Å²) in [5, 5.41) is 10.4. The van der Waals surface area contributed by atoms with Crippen molar-refractivity contribution in [1.82, 2.24) is 0 Å². The molecule has 2 nitrogen and oxygen atoms in total. The highest BCUT2D eigenvalue weighted by atomic mass is 19.4. The van der Waals surface area contributed by atoms with Crippen LogP contribution in [0.25, 0.3) is 0 Å². The molecule has 23 heavy (non-hydrogen) atoms. The Morgan fingerprint density at radius 3 is 2.57 bits per heavy atom. The second-order valence-corrected chi connectivity index (χ2v) is 7.45. The van der Waals surface area contributed by atoms with E-state index in [0.717, 1.165) is 0 Å². The SMILES string of the molecule is [2H]C1([2H])C[C@@]2(C)CC[C@@H](C(C)(C)O)C([2H])([2H])C2=C(CCCC(F)(F)F)C1=O. The first-order valence-corrected chi connectivity index (χ1v) is 8.00. The van der Waals surface area contributed by atoms with Crippen LogP contribution in [0.2, 0.25) is 0 Å². The monoisotopic (exact) mass is 336 g/mol. The molecule has 132 valence electrons. The number of ketones is 1. The van der Waals surface area contributed by atoms with Gasteiger partial charge in [0.15, 0.2) is 5.78 Å². The van der Waals surface area contributed by atoms with Crippen molar-refractivity contribution in [3.8, 4) is 0 Å². The van der Waals surface area contributed by atoms with Crippen LogP contribution in [0.5, 0.6) is 0 Å². The largest absolute Gasteiger partial charge is 0.390 e. The van der Waals surface area contributed by atoms with Gasteiger partial charge in [-0.15, -0.1) is 0 Å². The van der Waals surface area contributed by atoms with Crippen molar-refractivity contribution in [2.24, 2.45) is 11.3 Å². The number of halogens is 3. The Labute approximate surface area is 141 Å². The highest BCUT2D eigenvalue weighted by Gasteiger charge is 2.44. The summed E-state index contributed by atoms with van der Waals surface area (Å²) in [7, 11) is 0. The Morgan fingerprint density at radius 2 is 2.00 bits per heavy atom. The summed E-state index contributed by atoms with van der Waals surface area (Å²) in [4.78, 5) is 12.7. The number of carbonyl (C=O) groups is 1. The smallest absolute Gasteiger partial charge is 0.389 e. The predicted molar refractivity (Wildman–Crippen MR) is 82.9 cm³/mol. The molecule has 0 heterocycles. The zero-order valence-electron chi connectivity index (χ0n) is 17.8. The topological polar surface area (TPSA) is 37.3 Å². The fourth-order valence-electron chi connectivity index (χ4n) is 3.37. The number of aliphatic hydroxyl groups is 1. The highest BCUT2D eigenvalue weighted by Crippen LogP contribution is 2.52. The van der Waals surface area contributed by atoms with Gasteiger partial charge < -0.3 is 5.11 Å². The molecule has 0 aromatic rings. The number of Topliss-reactive ketones (excluding diaryl/α,β-unsaturated/α-hetero) is 1. The second-order valence-electron chi connectivity index (χ2n) is 7.45. The lowest BCUT2D eigenvalue weighted by atomic mass is 9.59. The van der Waals surface area contributed by atoms with Crippen LogP contribution >= 0.6 is 0 Å². The molecule has 0 amide bonds. The maximum absolute atomic E-state index is 12.7. The molecule has 0 aromatic heterocycles. The standard InChI is InChI=1S/C18H27F3O2/c1-16(2,23)12-6-9-17(3)10-7-15(22)13(14(17)11-12)5-4-8-18(19,20)21/h12,23H,4-11H2,1-3H3/t12-,17-/m1/s1/i7D2,11D2. The van der Waals surface area contributed by atoms with E-state index in [2.05, 4.69) is 0 Å². The Kier molecular flexibility index (Phi) is 3.64. The summed E-state index contributed by atoms with van der Waals surface area (Å²) >= 11 is 0. The van der Waals surface area contributed by atoms with Gasteiger partial charge in [-0.05, 0) is 69.2 Å². The van der Waals surface area contributed by atoms with Gasteiger partial charge in [0.2, 0.25) is 0 Å². The number of fused-ring (bicyclic) bond motifs is 1. The van der Waals surface area contributed by atoms with Crippen molar-refractivity contribution < 1.29 is 28.6 Å². The Hall–Kier alpha value is -0.840. The lowest BCUT2D eigenvalue weighted by Crippen LogP contribution is -2.40. The Bertz CT molecular complexity index is 650. The minimum Gasteiger partial charge on any atom is -0.390 e. The van der Waals surface area contributed by atoms with Gasteiger partial charge >= 0.3 is 6.18 Å². The van der Waals surface area contributed by atoms with E-state index in [1.54, 1.807) is 6.92 Å². The molecule has 0 bridgehead atoms. The molecule has 1 saturated carbocycles. The van der Waals surface area contributed by atoms with E-state index in [1.807, 2.05) is 0 Å². The van der Waals surface area contributed by atoms with E-state index in [9.17, 15) is 23.1 Å². The van der Waals surface area contributed by atoms with Crippen molar-refractivity contribution in [3.63, 3.8) is 0 Å². The average molecular weight is 336 g/mol. The number of hydrogen-bond donors (Lipinski definition) is 1. The molecule has 0 aliphatic heterocycles. The third-order valence-electron chi connectivity index (χ3n) is 4.86. The van der Waals surface area contributed by atoms with Crippen molar-refractivity contribution in [1.29, 1.82) is 0 Å². The van der Waals surface area contributed by atoms with Gasteiger partial charge in [-0.25, -0.2) is 0 Å². The van der Waals surface area contributed by atoms with E-state index in [0.29, 0.717) is 12.8 Å². The summed E-state index contributed by atoms with van der Waals surface area (Å²) in [6.45, 7) is 4.63. The lowest BCUT2D eigenvalue weighted by Gasteiger charge is -2.46. The number of alkyl halides is 3. The van der Waals surface area contributed by atoms with Gasteiger partial charge in [0.1, 0.15) is 0 Å². The van der Waals surface area contributed by atoms with E-state index in [4.69, 9.17) is 5.48 Å². The van der Waals surface area contributed by atoms with Gasteiger partial charge in [-0.2, -0.15) is 13.2 Å². The first-order chi connectivity index (χ1) is 11.9. The molecule has 5 heteroatoms. The minimum absolute atomic E-state index is 0.0932. The zero-order valence-corrected chi connectivity index (χ0v) is 13.8. The van der Waals surface area contributed by atoms with Gasteiger partial charge in [-0.3, -0.25) is 4.79 Å². The number of hydrogen-bond acceptors (Lipinski definition) is 2. The van der Waals surface area contributed by atoms with E-state index < -0.39 is 54.5 Å². The molecule has 0 aromatic carbocycles. The Balaban J connectivity index is 2.57. The molecular weight excluding hydrogens is 305 g/mol. The summed E-state index contributed by atoms with van der Waals surface area (Å²) in [5.74, 6) is -1.75. The molecule has 0 unspecified atom stereocenters. The van der Waals surface area contributed by atoms with E-state index in [-0.39, 0.29) is 24.0 Å². The minimum atomic E-state index is -4.40. The van der Waals surface area contributed by atoms with Crippen LogP contribution in [0, 0.1) is 11.3 Å². The molecule has 1 N–H and O–H groups in total. The van der Waals surface area contributed by atoms with Crippen molar-refractivity contribution >= 4 is 5.78 Å². The van der Waals surface area contributed by atoms with Crippen molar-refractivity contribution in [2.45, 2.75) is 83.8 Å². The van der Waals surface area contributed by atoms with Crippen LogP contribution in [0.15, 0.2) is 11.1 Å². The summed E-state index contributed by atoms with van der Waals surface area (Å²) in [6.07, 6.45) is -10.1. The fraction of sp³-hybridized carbons (Fsp3) is 0.833. The summed E-state index contributed by atoms with van der Waals surface area (Å²) in [6, 6.07) is 0. The van der Waals surface area contributed by atoms with Crippen LogP contribution in [-0.2, 0) is 4.79 Å². The molecule has 0 radical (unpaired) electrons. The molecule has 0 spiro atoms. The van der Waals surface area contributed by atoms with Gasteiger partial charge in [0.25, 0.3) is 0 Å². The molecule has 1 fully saturated rings. The van der Waals surface area contributed by atoms with Gasteiger partial charge in [0, 0.05) is 18.3 Å². The van der Waals surface area contributed by atoms with Crippen LogP contribution in [0.3, 0.4) is 0 Å². The molecule has 0 saturated heterocycles. The van der Waals surface area contributed by atoms with Crippen LogP contribution in [0.4, 0.5) is 13.2 Å². The van der Waals surface area contributed by atoms with Crippen LogP contribution < -0.4 is 0 Å². The first-order valence-electron chi connectivity index (χ1n) is 10.00. The molecule has 2 rings (SSSR count). The Morgan fingerprint density at radius 1 is 1.35 bits per heavy atom. The first kappa shape index (κ1) is 13.5. The van der Waals surface area contributed by atoms with Crippen molar-refractivity contribution in [3.05, 3.63) is 11.1 Å². The average Bonchev–Trinajstić information content (AvgIpc) is 2.39. The summed E-state index contributed by atoms with van der Waals surface area (Å²) in [5.41, 5.74) is -2.40. The maximum Gasteiger partial charge on any atom is 0.389 e. The van der Waals surface area contributed by atoms with E-state index in [1.165, 1.54) is 13.8 Å².